The molecule has 1 unspecified atom stereocenters. The van der Waals surface area contributed by atoms with E-state index in [0.29, 0.717) is 11.9 Å². The highest BCUT2D eigenvalue weighted by atomic mass is 35.5. The van der Waals surface area contributed by atoms with Gasteiger partial charge in [0.1, 0.15) is 5.82 Å². The average molecular weight is 290 g/mol. The summed E-state index contributed by atoms with van der Waals surface area (Å²) in [6.45, 7) is 4.51. The standard InChI is InChI=1S/C16H20ClN3/c1-11-3-2-4-14-16(11)18-15(9-17)20(14)13-7-8-19(10-13)12-5-6-12/h2-4,12-13H,5-10H2,1H3. The van der Waals surface area contributed by atoms with Crippen LogP contribution in [0, 0.1) is 6.92 Å². The Labute approximate surface area is 124 Å². The molecule has 4 heteroatoms. The fourth-order valence-corrected chi connectivity index (χ4v) is 3.75. The van der Waals surface area contributed by atoms with Gasteiger partial charge in [0, 0.05) is 25.2 Å². The minimum atomic E-state index is 0.494. The fourth-order valence-electron chi connectivity index (χ4n) is 3.56. The van der Waals surface area contributed by atoms with Gasteiger partial charge < -0.3 is 4.57 Å². The monoisotopic (exact) mass is 289 g/mol. The third kappa shape index (κ3) is 1.95. The fraction of sp³-hybridized carbons (Fsp3) is 0.562. The van der Waals surface area contributed by atoms with Crippen LogP contribution in [0.15, 0.2) is 18.2 Å². The van der Waals surface area contributed by atoms with Crippen molar-refractivity contribution in [2.75, 3.05) is 13.1 Å². The lowest BCUT2D eigenvalue weighted by molar-refractivity contribution is 0.314. The Balaban J connectivity index is 1.76. The van der Waals surface area contributed by atoms with E-state index >= 15 is 0 Å². The number of para-hydroxylation sites is 1. The van der Waals surface area contributed by atoms with Crippen LogP contribution >= 0.6 is 11.6 Å². The molecule has 2 aromatic rings. The summed E-state index contributed by atoms with van der Waals surface area (Å²) >= 11 is 6.15. The summed E-state index contributed by atoms with van der Waals surface area (Å²) in [4.78, 5) is 7.42. The number of imidazole rings is 1. The van der Waals surface area contributed by atoms with Crippen molar-refractivity contribution < 1.29 is 0 Å². The molecular weight excluding hydrogens is 270 g/mol. The van der Waals surface area contributed by atoms with Crippen LogP contribution in [-0.2, 0) is 5.88 Å². The van der Waals surface area contributed by atoms with Gasteiger partial charge in [-0.3, -0.25) is 4.90 Å². The molecule has 2 aliphatic rings. The van der Waals surface area contributed by atoms with E-state index in [4.69, 9.17) is 16.6 Å². The second-order valence-corrected chi connectivity index (χ2v) is 6.41. The summed E-state index contributed by atoms with van der Waals surface area (Å²) in [7, 11) is 0. The number of hydrogen-bond acceptors (Lipinski definition) is 2. The van der Waals surface area contributed by atoms with Gasteiger partial charge in [-0.25, -0.2) is 4.98 Å². The zero-order chi connectivity index (χ0) is 13.7. The lowest BCUT2D eigenvalue weighted by atomic mass is 10.2. The van der Waals surface area contributed by atoms with Gasteiger partial charge in [0.15, 0.2) is 0 Å². The van der Waals surface area contributed by atoms with Crippen LogP contribution in [0.5, 0.6) is 0 Å². The van der Waals surface area contributed by atoms with E-state index in [0.717, 1.165) is 23.9 Å². The molecule has 3 nitrogen and oxygen atoms in total. The Morgan fingerprint density at radius 2 is 2.10 bits per heavy atom. The summed E-state index contributed by atoms with van der Waals surface area (Å²) in [5.74, 6) is 1.52. The normalized spacial score (nSPS) is 23.8. The van der Waals surface area contributed by atoms with Gasteiger partial charge in [-0.15, -0.1) is 11.6 Å². The van der Waals surface area contributed by atoms with Crippen LogP contribution in [0.1, 0.15) is 36.7 Å². The Morgan fingerprint density at radius 3 is 2.85 bits per heavy atom. The minimum absolute atomic E-state index is 0.494. The lowest BCUT2D eigenvalue weighted by Gasteiger charge is -2.18. The van der Waals surface area contributed by atoms with Gasteiger partial charge in [-0.05, 0) is 37.8 Å². The summed E-state index contributed by atoms with van der Waals surface area (Å²) in [5.41, 5.74) is 3.61. The first kappa shape index (κ1) is 12.7. The molecule has 2 fully saturated rings. The number of alkyl halides is 1. The molecule has 1 atom stereocenters. The number of benzene rings is 1. The van der Waals surface area contributed by atoms with Crippen LogP contribution < -0.4 is 0 Å². The molecule has 2 heterocycles. The number of halogens is 1. The first-order chi connectivity index (χ1) is 9.78. The van der Waals surface area contributed by atoms with E-state index in [1.807, 2.05) is 0 Å². The maximum atomic E-state index is 6.15. The number of aromatic nitrogens is 2. The molecule has 0 bridgehead atoms. The predicted octanol–water partition coefficient (Wildman–Crippen LogP) is 3.49. The van der Waals surface area contributed by atoms with Crippen LogP contribution in [0.25, 0.3) is 11.0 Å². The summed E-state index contributed by atoms with van der Waals surface area (Å²) in [5, 5.41) is 0. The van der Waals surface area contributed by atoms with Gasteiger partial charge in [0.2, 0.25) is 0 Å². The Morgan fingerprint density at radius 1 is 1.25 bits per heavy atom. The van der Waals surface area contributed by atoms with Crippen LogP contribution in [-0.4, -0.2) is 33.6 Å². The van der Waals surface area contributed by atoms with E-state index in [-0.39, 0.29) is 0 Å². The zero-order valence-electron chi connectivity index (χ0n) is 11.8. The molecule has 1 aromatic heterocycles. The SMILES string of the molecule is Cc1cccc2c1nc(CCl)n2C1CCN(C2CC2)C1. The van der Waals surface area contributed by atoms with Crippen LogP contribution in [0.2, 0.25) is 0 Å². The maximum absolute atomic E-state index is 6.15. The molecule has 0 amide bonds. The Hall–Kier alpha value is -1.06. The summed E-state index contributed by atoms with van der Waals surface area (Å²) in [6, 6.07) is 7.84. The Bertz CT molecular complexity index is 644. The van der Waals surface area contributed by atoms with E-state index in [9.17, 15) is 0 Å². The molecule has 1 aromatic carbocycles. The van der Waals surface area contributed by atoms with Crippen molar-refractivity contribution in [3.8, 4) is 0 Å². The summed E-state index contributed by atoms with van der Waals surface area (Å²) in [6.07, 6.45) is 4.00. The van der Waals surface area contributed by atoms with E-state index in [1.54, 1.807) is 0 Å². The molecule has 4 rings (SSSR count). The first-order valence-electron chi connectivity index (χ1n) is 7.54. The largest absolute Gasteiger partial charge is 0.322 e. The van der Waals surface area contributed by atoms with Crippen LogP contribution in [0.4, 0.5) is 0 Å². The van der Waals surface area contributed by atoms with Crippen molar-refractivity contribution in [1.29, 1.82) is 0 Å². The topological polar surface area (TPSA) is 21.1 Å². The Kier molecular flexibility index (Phi) is 3.00. The molecule has 20 heavy (non-hydrogen) atoms. The highest BCUT2D eigenvalue weighted by molar-refractivity contribution is 6.16. The lowest BCUT2D eigenvalue weighted by Crippen LogP contribution is -2.24. The average Bonchev–Trinajstić information content (AvgIpc) is 3.06. The second-order valence-electron chi connectivity index (χ2n) is 6.14. The van der Waals surface area contributed by atoms with E-state index in [2.05, 4.69) is 34.6 Å². The zero-order valence-corrected chi connectivity index (χ0v) is 12.6. The molecule has 1 saturated carbocycles. The maximum Gasteiger partial charge on any atom is 0.125 e. The molecule has 1 aliphatic carbocycles. The second kappa shape index (κ2) is 4.74. The van der Waals surface area contributed by atoms with Crippen molar-refractivity contribution in [2.24, 2.45) is 0 Å². The van der Waals surface area contributed by atoms with Crippen molar-refractivity contribution in [3.63, 3.8) is 0 Å². The molecule has 106 valence electrons. The van der Waals surface area contributed by atoms with Gasteiger partial charge in [-0.2, -0.15) is 0 Å². The van der Waals surface area contributed by atoms with E-state index in [1.165, 1.54) is 36.9 Å². The number of nitrogens with zero attached hydrogens (tertiary/aromatic N) is 3. The molecular formula is C16H20ClN3. The van der Waals surface area contributed by atoms with Gasteiger partial charge in [0.05, 0.1) is 16.9 Å². The first-order valence-corrected chi connectivity index (χ1v) is 8.08. The van der Waals surface area contributed by atoms with E-state index < -0.39 is 0 Å². The molecule has 0 radical (unpaired) electrons. The van der Waals surface area contributed by atoms with Crippen molar-refractivity contribution in [2.45, 2.75) is 44.1 Å². The molecule has 0 N–H and O–H groups in total. The van der Waals surface area contributed by atoms with Gasteiger partial charge in [-0.1, -0.05) is 12.1 Å². The molecule has 1 saturated heterocycles. The number of hydrogen-bond donors (Lipinski definition) is 0. The van der Waals surface area contributed by atoms with Crippen molar-refractivity contribution in [1.82, 2.24) is 14.5 Å². The number of likely N-dealkylation sites (tertiary alicyclic amines) is 1. The van der Waals surface area contributed by atoms with Crippen molar-refractivity contribution in [3.05, 3.63) is 29.6 Å². The number of rotatable bonds is 3. The third-order valence-electron chi connectivity index (χ3n) is 4.74. The highest BCUT2D eigenvalue weighted by Crippen LogP contribution is 2.35. The minimum Gasteiger partial charge on any atom is -0.322 e. The predicted molar refractivity (Wildman–Crippen MR) is 82.3 cm³/mol. The molecule has 1 aliphatic heterocycles. The smallest absolute Gasteiger partial charge is 0.125 e. The molecule has 0 spiro atoms. The number of fused-ring (bicyclic) bond motifs is 1. The third-order valence-corrected chi connectivity index (χ3v) is 4.98. The summed E-state index contributed by atoms with van der Waals surface area (Å²) < 4.78 is 2.40. The number of aryl methyl sites for hydroxylation is 1. The van der Waals surface area contributed by atoms with Gasteiger partial charge >= 0.3 is 0 Å². The van der Waals surface area contributed by atoms with Crippen LogP contribution in [0.3, 0.4) is 0 Å². The van der Waals surface area contributed by atoms with Gasteiger partial charge in [0.25, 0.3) is 0 Å². The highest BCUT2D eigenvalue weighted by Gasteiger charge is 2.35. The van der Waals surface area contributed by atoms with Crippen molar-refractivity contribution >= 4 is 22.6 Å². The quantitative estimate of drug-likeness (QED) is 0.807.